The third-order valence-corrected chi connectivity index (χ3v) is 4.03. The lowest BCUT2D eigenvalue weighted by molar-refractivity contribution is 0.195. The fraction of sp³-hybridized carbons (Fsp3) is 0.200. The van der Waals surface area contributed by atoms with Gasteiger partial charge in [-0.2, -0.15) is 0 Å². The molecule has 0 saturated carbocycles. The fourth-order valence-electron chi connectivity index (χ4n) is 2.04. The van der Waals surface area contributed by atoms with Crippen LogP contribution >= 0.6 is 11.8 Å². The van der Waals surface area contributed by atoms with Crippen molar-refractivity contribution in [2.75, 3.05) is 7.11 Å². The second kappa shape index (κ2) is 5.75. The van der Waals surface area contributed by atoms with Crippen molar-refractivity contribution in [2.45, 2.75) is 23.2 Å². The molecule has 6 heteroatoms. The maximum absolute atomic E-state index is 9.79. The number of nitrogens with zero attached hydrogens (tertiary/aromatic N) is 2. The maximum atomic E-state index is 9.79. The van der Waals surface area contributed by atoms with Gasteiger partial charge in [0.05, 0.1) is 24.2 Å². The van der Waals surface area contributed by atoms with Gasteiger partial charge in [-0.3, -0.25) is 0 Å². The highest BCUT2D eigenvalue weighted by Gasteiger charge is 2.12. The molecule has 1 unspecified atom stereocenters. The average molecular weight is 301 g/mol. The van der Waals surface area contributed by atoms with E-state index in [0.29, 0.717) is 0 Å². The van der Waals surface area contributed by atoms with Crippen molar-refractivity contribution >= 4 is 22.8 Å². The van der Waals surface area contributed by atoms with Crippen LogP contribution in [-0.4, -0.2) is 27.2 Å². The Labute approximate surface area is 126 Å². The molecular weight excluding hydrogens is 286 g/mol. The number of aromatic amines is 1. The minimum absolute atomic E-state index is 0.564. The van der Waals surface area contributed by atoms with Gasteiger partial charge in [0.1, 0.15) is 10.8 Å². The summed E-state index contributed by atoms with van der Waals surface area (Å²) in [5, 5.41) is 11.3. The molecule has 2 N–H and O–H groups in total. The summed E-state index contributed by atoms with van der Waals surface area (Å²) in [6.07, 6.45) is 1.14. The molecule has 2 heterocycles. The number of aliphatic hydroxyl groups excluding tert-OH is 1. The zero-order chi connectivity index (χ0) is 14.8. The van der Waals surface area contributed by atoms with Gasteiger partial charge >= 0.3 is 0 Å². The Bertz CT molecular complexity index is 770. The number of aliphatic hydroxyl groups is 1. The van der Waals surface area contributed by atoms with E-state index in [1.165, 1.54) is 11.8 Å². The van der Waals surface area contributed by atoms with Gasteiger partial charge in [0.25, 0.3) is 0 Å². The van der Waals surface area contributed by atoms with E-state index < -0.39 is 6.10 Å². The van der Waals surface area contributed by atoms with Crippen LogP contribution < -0.4 is 4.74 Å². The van der Waals surface area contributed by atoms with Gasteiger partial charge in [0.2, 0.25) is 0 Å². The lowest BCUT2D eigenvalue weighted by atomic mass is 10.2. The lowest BCUT2D eigenvalue weighted by Crippen LogP contribution is -1.96. The molecule has 0 fully saturated rings. The fourth-order valence-corrected chi connectivity index (χ4v) is 3.00. The number of hydrogen-bond donors (Lipinski definition) is 2. The second-order valence-electron chi connectivity index (χ2n) is 4.60. The molecule has 0 aliphatic heterocycles. The normalized spacial score (nSPS) is 12.5. The van der Waals surface area contributed by atoms with E-state index in [-0.39, 0.29) is 0 Å². The number of pyridine rings is 1. The summed E-state index contributed by atoms with van der Waals surface area (Å²) in [6.45, 7) is 1.73. The summed E-state index contributed by atoms with van der Waals surface area (Å²) >= 11 is 1.40. The predicted octanol–water partition coefficient (Wildman–Crippen LogP) is 3.17. The zero-order valence-electron chi connectivity index (χ0n) is 11.7. The Kier molecular flexibility index (Phi) is 3.81. The average Bonchev–Trinajstić information content (AvgIpc) is 2.88. The minimum atomic E-state index is -0.564. The topological polar surface area (TPSA) is 71.0 Å². The van der Waals surface area contributed by atoms with E-state index in [1.54, 1.807) is 20.2 Å². The van der Waals surface area contributed by atoms with Gasteiger partial charge < -0.3 is 14.8 Å². The highest BCUT2D eigenvalue weighted by atomic mass is 32.2. The molecular formula is C15H15N3O2S. The zero-order valence-corrected chi connectivity index (χ0v) is 12.5. The van der Waals surface area contributed by atoms with Crippen LogP contribution in [0.3, 0.4) is 0 Å². The van der Waals surface area contributed by atoms with E-state index in [0.717, 1.165) is 32.5 Å². The number of H-pyrrole nitrogens is 1. The highest BCUT2D eigenvalue weighted by molar-refractivity contribution is 7.99. The summed E-state index contributed by atoms with van der Waals surface area (Å²) < 4.78 is 5.20. The summed E-state index contributed by atoms with van der Waals surface area (Å²) in [6, 6.07) is 9.37. The van der Waals surface area contributed by atoms with Crippen molar-refractivity contribution < 1.29 is 9.84 Å². The van der Waals surface area contributed by atoms with Gasteiger partial charge in [0.15, 0.2) is 5.16 Å². The van der Waals surface area contributed by atoms with E-state index >= 15 is 0 Å². The summed E-state index contributed by atoms with van der Waals surface area (Å²) in [5.41, 5.74) is 2.57. The summed E-state index contributed by atoms with van der Waals surface area (Å²) in [4.78, 5) is 12.1. The Morgan fingerprint density at radius 2 is 2.19 bits per heavy atom. The van der Waals surface area contributed by atoms with Gasteiger partial charge in [-0.25, -0.2) is 9.97 Å². The van der Waals surface area contributed by atoms with E-state index in [4.69, 9.17) is 4.74 Å². The molecule has 0 amide bonds. The van der Waals surface area contributed by atoms with Crippen molar-refractivity contribution in [3.8, 4) is 5.75 Å². The van der Waals surface area contributed by atoms with Crippen LogP contribution in [0.1, 0.15) is 18.6 Å². The monoisotopic (exact) mass is 301 g/mol. The van der Waals surface area contributed by atoms with Crippen LogP contribution in [0, 0.1) is 0 Å². The van der Waals surface area contributed by atoms with Crippen LogP contribution in [-0.2, 0) is 0 Å². The summed E-state index contributed by atoms with van der Waals surface area (Å²) in [5.74, 6) is 0.783. The Morgan fingerprint density at radius 3 is 2.95 bits per heavy atom. The highest BCUT2D eigenvalue weighted by Crippen LogP contribution is 2.31. The van der Waals surface area contributed by atoms with Crippen LogP contribution in [0.4, 0.5) is 0 Å². The number of benzene rings is 1. The van der Waals surface area contributed by atoms with Gasteiger partial charge in [0, 0.05) is 17.8 Å². The van der Waals surface area contributed by atoms with E-state index in [2.05, 4.69) is 15.0 Å². The third kappa shape index (κ3) is 2.86. The van der Waals surface area contributed by atoms with Crippen molar-refractivity contribution in [3.05, 3.63) is 42.1 Å². The molecule has 0 aliphatic rings. The third-order valence-electron chi connectivity index (χ3n) is 3.11. The van der Waals surface area contributed by atoms with Crippen molar-refractivity contribution in [3.63, 3.8) is 0 Å². The predicted molar refractivity (Wildman–Crippen MR) is 81.6 cm³/mol. The van der Waals surface area contributed by atoms with E-state index in [9.17, 15) is 5.11 Å². The molecule has 2 aromatic heterocycles. The quantitative estimate of drug-likeness (QED) is 0.774. The molecule has 3 rings (SSSR count). The number of imidazole rings is 1. The number of methoxy groups -OCH3 is 1. The Hall–Kier alpha value is -2.05. The number of hydrogen-bond acceptors (Lipinski definition) is 5. The number of aromatic nitrogens is 3. The molecule has 0 bridgehead atoms. The smallest absolute Gasteiger partial charge is 0.172 e. The van der Waals surface area contributed by atoms with Crippen LogP contribution in [0.15, 0.2) is 46.7 Å². The molecule has 3 aromatic rings. The van der Waals surface area contributed by atoms with Gasteiger partial charge in [-0.15, -0.1) is 0 Å². The Morgan fingerprint density at radius 1 is 1.33 bits per heavy atom. The van der Waals surface area contributed by atoms with Crippen LogP contribution in [0.2, 0.25) is 0 Å². The standard InChI is InChI=1S/C15H15N3O2S/c1-9(19)11-4-3-7-16-14(11)21-15-17-12-6-5-10(20-2)8-13(12)18-15/h3-9,19H,1-2H3,(H,17,18). The summed E-state index contributed by atoms with van der Waals surface area (Å²) in [7, 11) is 1.63. The molecule has 21 heavy (non-hydrogen) atoms. The van der Waals surface area contributed by atoms with Gasteiger partial charge in [-0.1, -0.05) is 6.07 Å². The first-order valence-corrected chi connectivity index (χ1v) is 7.33. The first-order chi connectivity index (χ1) is 10.2. The number of rotatable bonds is 4. The molecule has 0 aliphatic carbocycles. The molecule has 0 radical (unpaired) electrons. The SMILES string of the molecule is COc1ccc2nc(Sc3ncccc3C(C)O)[nH]c2c1. The largest absolute Gasteiger partial charge is 0.497 e. The molecule has 1 aromatic carbocycles. The molecule has 108 valence electrons. The molecule has 0 saturated heterocycles. The molecule has 0 spiro atoms. The molecule has 5 nitrogen and oxygen atoms in total. The van der Waals surface area contributed by atoms with Gasteiger partial charge in [-0.05, 0) is 36.9 Å². The van der Waals surface area contributed by atoms with E-state index in [1.807, 2.05) is 30.3 Å². The van der Waals surface area contributed by atoms with Crippen molar-refractivity contribution in [1.29, 1.82) is 0 Å². The van der Waals surface area contributed by atoms with Crippen molar-refractivity contribution in [2.24, 2.45) is 0 Å². The number of ether oxygens (including phenoxy) is 1. The van der Waals surface area contributed by atoms with Crippen molar-refractivity contribution in [1.82, 2.24) is 15.0 Å². The lowest BCUT2D eigenvalue weighted by Gasteiger charge is -2.08. The minimum Gasteiger partial charge on any atom is -0.497 e. The molecule has 1 atom stereocenters. The maximum Gasteiger partial charge on any atom is 0.172 e. The number of fused-ring (bicyclic) bond motifs is 1. The number of nitrogens with one attached hydrogen (secondary N) is 1. The first-order valence-electron chi connectivity index (χ1n) is 6.52. The van der Waals surface area contributed by atoms with Crippen LogP contribution in [0.25, 0.3) is 11.0 Å². The van der Waals surface area contributed by atoms with Crippen LogP contribution in [0.5, 0.6) is 5.75 Å². The first kappa shape index (κ1) is 13.9. The Balaban J connectivity index is 1.95. The second-order valence-corrected chi connectivity index (χ2v) is 5.58.